The highest BCUT2D eigenvalue weighted by molar-refractivity contribution is 7.13. The first-order valence-corrected chi connectivity index (χ1v) is 10.5. The second-order valence-corrected chi connectivity index (χ2v) is 8.12. The summed E-state index contributed by atoms with van der Waals surface area (Å²) in [5.74, 6) is -3.22. The molecule has 3 rings (SSSR count). The van der Waals surface area contributed by atoms with Crippen LogP contribution in [-0.2, 0) is 17.5 Å². The summed E-state index contributed by atoms with van der Waals surface area (Å²) in [4.78, 5) is 14.9. The van der Waals surface area contributed by atoms with Crippen LogP contribution in [0.1, 0.15) is 25.1 Å². The van der Waals surface area contributed by atoms with E-state index in [0.29, 0.717) is 10.4 Å². The lowest BCUT2D eigenvalue weighted by Crippen LogP contribution is -2.29. The average Bonchev–Trinajstić information content (AvgIpc) is 3.33. The van der Waals surface area contributed by atoms with E-state index in [1.165, 1.54) is 23.5 Å². The van der Waals surface area contributed by atoms with Crippen LogP contribution in [0.4, 0.5) is 17.6 Å². The van der Waals surface area contributed by atoms with Gasteiger partial charge in [0.15, 0.2) is 0 Å². The van der Waals surface area contributed by atoms with Gasteiger partial charge < -0.3 is 24.7 Å². The molecular weight excluding hydrogens is 452 g/mol. The SMILES string of the molecule is O=C([O-])C[C@H](O)C[C@H](O)CCn1c(C(F)(F)F)nc(-c2ccc(F)cc2)c1-c1cccs1. The minimum absolute atomic E-state index is 0.0197. The molecule has 0 amide bonds. The maximum Gasteiger partial charge on any atom is 0.449 e. The molecule has 0 unspecified atom stereocenters. The largest absolute Gasteiger partial charge is 0.550 e. The lowest BCUT2D eigenvalue weighted by atomic mass is 10.1. The van der Waals surface area contributed by atoms with Crippen LogP contribution >= 0.6 is 11.3 Å². The Morgan fingerprint density at radius 3 is 2.41 bits per heavy atom. The van der Waals surface area contributed by atoms with E-state index < -0.39 is 42.4 Å². The van der Waals surface area contributed by atoms with E-state index >= 15 is 0 Å². The summed E-state index contributed by atoms with van der Waals surface area (Å²) >= 11 is 1.20. The zero-order chi connectivity index (χ0) is 23.5. The van der Waals surface area contributed by atoms with Gasteiger partial charge in [-0.3, -0.25) is 0 Å². The Hall–Kier alpha value is -2.76. The zero-order valence-electron chi connectivity index (χ0n) is 16.6. The summed E-state index contributed by atoms with van der Waals surface area (Å²) in [5.41, 5.74) is 0.483. The summed E-state index contributed by atoms with van der Waals surface area (Å²) in [7, 11) is 0. The quantitative estimate of drug-likeness (QED) is 0.468. The standard InChI is InChI=1S/C21H20F4N2O4S/c22-13-5-3-12(4-6-13)18-19(16-2-1-9-32-16)27(20(26-18)21(23,24)25)8-7-14(28)10-15(29)11-17(30)31/h1-6,9,14-15,28-29H,7-8,10-11H2,(H,30,31)/p-1/t14-,15-/m1/s1. The number of carbonyl (C=O) groups excluding carboxylic acids is 1. The molecule has 172 valence electrons. The third-order valence-corrected chi connectivity index (χ3v) is 5.60. The molecule has 0 saturated heterocycles. The number of aliphatic carboxylic acids is 1. The zero-order valence-corrected chi connectivity index (χ0v) is 17.4. The average molecular weight is 471 g/mol. The van der Waals surface area contributed by atoms with Crippen LogP contribution in [0.2, 0.25) is 0 Å². The lowest BCUT2D eigenvalue weighted by Gasteiger charge is -2.18. The Bertz CT molecular complexity index is 1050. The van der Waals surface area contributed by atoms with E-state index in [2.05, 4.69) is 4.98 Å². The number of rotatable bonds is 9. The van der Waals surface area contributed by atoms with E-state index in [4.69, 9.17) is 0 Å². The Kier molecular flexibility index (Phi) is 7.32. The molecule has 0 fully saturated rings. The predicted octanol–water partition coefficient (Wildman–Crippen LogP) is 3.08. The van der Waals surface area contributed by atoms with Crippen molar-refractivity contribution in [2.45, 2.75) is 44.2 Å². The summed E-state index contributed by atoms with van der Waals surface area (Å²) in [5, 5.41) is 32.0. The lowest BCUT2D eigenvalue weighted by molar-refractivity contribution is -0.307. The highest BCUT2D eigenvalue weighted by Crippen LogP contribution is 2.40. The van der Waals surface area contributed by atoms with Gasteiger partial charge in [-0.1, -0.05) is 6.07 Å². The second kappa shape index (κ2) is 9.80. The fraction of sp³-hybridized carbons (Fsp3) is 0.333. The fourth-order valence-corrected chi connectivity index (χ4v) is 4.12. The molecule has 0 bridgehead atoms. The van der Waals surface area contributed by atoms with E-state index in [1.54, 1.807) is 17.5 Å². The summed E-state index contributed by atoms with van der Waals surface area (Å²) in [6.45, 7) is -0.296. The normalized spacial score (nSPS) is 13.8. The van der Waals surface area contributed by atoms with E-state index in [1.807, 2.05) is 0 Å². The second-order valence-electron chi connectivity index (χ2n) is 7.17. The molecule has 3 aromatic rings. The number of hydrogen-bond donors (Lipinski definition) is 2. The van der Waals surface area contributed by atoms with Crippen LogP contribution < -0.4 is 5.11 Å². The van der Waals surface area contributed by atoms with Gasteiger partial charge in [-0.15, -0.1) is 11.3 Å². The van der Waals surface area contributed by atoms with Crippen LogP contribution in [0.5, 0.6) is 0 Å². The minimum atomic E-state index is -4.80. The molecule has 0 aliphatic heterocycles. The first-order valence-electron chi connectivity index (χ1n) is 9.59. The van der Waals surface area contributed by atoms with E-state index in [9.17, 15) is 37.7 Å². The van der Waals surface area contributed by atoms with Gasteiger partial charge in [-0.05, 0) is 48.6 Å². The van der Waals surface area contributed by atoms with Crippen molar-refractivity contribution in [3.63, 3.8) is 0 Å². The van der Waals surface area contributed by atoms with Gasteiger partial charge in [0.1, 0.15) is 5.82 Å². The van der Waals surface area contributed by atoms with Crippen LogP contribution in [0.15, 0.2) is 41.8 Å². The van der Waals surface area contributed by atoms with Gasteiger partial charge >= 0.3 is 6.18 Å². The van der Waals surface area contributed by atoms with Crippen molar-refractivity contribution in [1.29, 1.82) is 0 Å². The third kappa shape index (κ3) is 5.72. The van der Waals surface area contributed by atoms with Gasteiger partial charge in [-0.2, -0.15) is 13.2 Å². The van der Waals surface area contributed by atoms with Crippen LogP contribution in [0, 0.1) is 5.82 Å². The number of hydrogen-bond acceptors (Lipinski definition) is 6. The fourth-order valence-electron chi connectivity index (χ4n) is 3.34. The molecular formula is C21H19F4N2O4S-. The van der Waals surface area contributed by atoms with E-state index in [-0.39, 0.29) is 30.8 Å². The van der Waals surface area contributed by atoms with Crippen molar-refractivity contribution < 1.29 is 37.7 Å². The molecule has 32 heavy (non-hydrogen) atoms. The Morgan fingerprint density at radius 1 is 1.16 bits per heavy atom. The van der Waals surface area contributed by atoms with Gasteiger partial charge in [0.05, 0.1) is 28.5 Å². The molecule has 2 N–H and O–H groups in total. The topological polar surface area (TPSA) is 98.4 Å². The Balaban J connectivity index is 2.00. The molecule has 2 atom stereocenters. The number of carboxylic acids is 1. The summed E-state index contributed by atoms with van der Waals surface area (Å²) in [6, 6.07) is 8.23. The van der Waals surface area contributed by atoms with Crippen molar-refractivity contribution in [3.05, 3.63) is 53.4 Å². The Morgan fingerprint density at radius 2 is 1.84 bits per heavy atom. The molecule has 6 nitrogen and oxygen atoms in total. The van der Waals surface area contributed by atoms with Crippen LogP contribution in [-0.4, -0.2) is 37.9 Å². The summed E-state index contributed by atoms with van der Waals surface area (Å²) < 4.78 is 55.8. The predicted molar refractivity (Wildman–Crippen MR) is 107 cm³/mol. The minimum Gasteiger partial charge on any atom is -0.550 e. The first-order chi connectivity index (χ1) is 15.1. The van der Waals surface area contributed by atoms with Crippen LogP contribution in [0.3, 0.4) is 0 Å². The number of aliphatic hydroxyl groups excluding tert-OH is 2. The number of carbonyl (C=O) groups is 1. The van der Waals surface area contributed by atoms with Crippen LogP contribution in [0.25, 0.3) is 21.8 Å². The maximum atomic E-state index is 13.8. The van der Waals surface area contributed by atoms with E-state index in [0.717, 1.165) is 16.7 Å². The number of carboxylic acid groups (broad SMARTS) is 1. The number of imidazole rings is 1. The highest BCUT2D eigenvalue weighted by atomic mass is 32.1. The smallest absolute Gasteiger partial charge is 0.449 e. The highest BCUT2D eigenvalue weighted by Gasteiger charge is 2.39. The first kappa shape index (κ1) is 23.9. The van der Waals surface area contributed by atoms with Crippen molar-refractivity contribution in [1.82, 2.24) is 9.55 Å². The number of thiophene rings is 1. The molecule has 2 aromatic heterocycles. The number of aromatic nitrogens is 2. The molecule has 0 saturated carbocycles. The molecule has 1 aromatic carbocycles. The molecule has 0 aliphatic carbocycles. The Labute approximate surface area is 184 Å². The number of nitrogens with zero attached hydrogens (tertiary/aromatic N) is 2. The van der Waals surface area contributed by atoms with Gasteiger partial charge in [0.25, 0.3) is 0 Å². The van der Waals surface area contributed by atoms with Gasteiger partial charge in [-0.25, -0.2) is 9.37 Å². The number of halogens is 4. The molecule has 0 radical (unpaired) electrons. The van der Waals surface area contributed by atoms with Gasteiger partial charge in [0, 0.05) is 24.5 Å². The van der Waals surface area contributed by atoms with Crippen molar-refractivity contribution in [2.75, 3.05) is 0 Å². The third-order valence-electron chi connectivity index (χ3n) is 4.73. The molecule has 11 heteroatoms. The summed E-state index contributed by atoms with van der Waals surface area (Å²) in [6.07, 6.45) is -8.65. The molecule has 0 spiro atoms. The van der Waals surface area contributed by atoms with Crippen molar-refractivity contribution in [2.24, 2.45) is 0 Å². The van der Waals surface area contributed by atoms with Gasteiger partial charge in [0.2, 0.25) is 5.82 Å². The number of benzene rings is 1. The number of alkyl halides is 3. The maximum absolute atomic E-state index is 13.8. The number of aliphatic hydroxyl groups is 2. The van der Waals surface area contributed by atoms with Crippen molar-refractivity contribution >= 4 is 17.3 Å². The molecule has 2 heterocycles. The van der Waals surface area contributed by atoms with Crippen molar-refractivity contribution in [3.8, 4) is 21.8 Å². The molecule has 0 aliphatic rings. The monoisotopic (exact) mass is 471 g/mol.